The van der Waals surface area contributed by atoms with E-state index >= 15 is 0 Å². The predicted octanol–water partition coefficient (Wildman–Crippen LogP) is 3.58. The van der Waals surface area contributed by atoms with Crippen LogP contribution >= 0.6 is 15.9 Å². The number of halogens is 1. The molecule has 114 valence electrons. The molecule has 0 heterocycles. The molecule has 0 unspecified atom stereocenters. The summed E-state index contributed by atoms with van der Waals surface area (Å²) in [6.45, 7) is 0.777. The largest absolute Gasteiger partial charge is 0.366 e. The topological polar surface area (TPSA) is 55.1 Å². The van der Waals surface area contributed by atoms with E-state index in [1.807, 2.05) is 18.2 Å². The molecule has 0 radical (unpaired) electrons. The highest BCUT2D eigenvalue weighted by atomic mass is 79.9. The number of hydrogen-bond donors (Lipinski definition) is 2. The van der Waals surface area contributed by atoms with Crippen LogP contribution in [0, 0.1) is 0 Å². The van der Waals surface area contributed by atoms with Gasteiger partial charge < -0.3 is 11.1 Å². The highest BCUT2D eigenvalue weighted by Gasteiger charge is 2.29. The first-order chi connectivity index (χ1) is 10.6. The molecule has 3 rings (SSSR count). The number of primary amides is 1. The van der Waals surface area contributed by atoms with Crippen LogP contribution in [-0.4, -0.2) is 11.9 Å². The summed E-state index contributed by atoms with van der Waals surface area (Å²) in [5, 5.41) is 3.55. The molecule has 1 aliphatic carbocycles. The number of nitrogens with two attached hydrogens (primary N) is 1. The van der Waals surface area contributed by atoms with Gasteiger partial charge in [-0.05, 0) is 54.2 Å². The van der Waals surface area contributed by atoms with Crippen LogP contribution in [0.5, 0.6) is 0 Å². The molecule has 4 heteroatoms. The van der Waals surface area contributed by atoms with Gasteiger partial charge in [0.1, 0.15) is 0 Å². The van der Waals surface area contributed by atoms with E-state index in [2.05, 4.69) is 45.5 Å². The van der Waals surface area contributed by atoms with E-state index in [1.165, 1.54) is 5.56 Å². The van der Waals surface area contributed by atoms with Crippen molar-refractivity contribution in [3.8, 4) is 0 Å². The molecule has 0 spiro atoms. The minimum atomic E-state index is -0.374. The molecule has 22 heavy (non-hydrogen) atoms. The minimum Gasteiger partial charge on any atom is -0.366 e. The Morgan fingerprint density at radius 2 is 1.91 bits per heavy atom. The van der Waals surface area contributed by atoms with Gasteiger partial charge in [-0.3, -0.25) is 4.79 Å². The van der Waals surface area contributed by atoms with Gasteiger partial charge in [-0.1, -0.05) is 40.2 Å². The summed E-state index contributed by atoms with van der Waals surface area (Å²) in [5.41, 5.74) is 8.39. The van der Waals surface area contributed by atoms with Crippen molar-refractivity contribution in [2.24, 2.45) is 5.73 Å². The van der Waals surface area contributed by atoms with Crippen LogP contribution < -0.4 is 11.1 Å². The van der Waals surface area contributed by atoms with E-state index in [0.717, 1.165) is 29.4 Å². The number of hydrogen-bond acceptors (Lipinski definition) is 2. The Hall–Kier alpha value is -1.65. The van der Waals surface area contributed by atoms with Crippen LogP contribution in [0.25, 0.3) is 0 Å². The number of nitrogens with one attached hydrogen (secondary N) is 1. The summed E-state index contributed by atoms with van der Waals surface area (Å²) in [7, 11) is 0. The maximum absolute atomic E-state index is 11.2. The van der Waals surface area contributed by atoms with Crippen LogP contribution in [0.4, 0.5) is 0 Å². The Morgan fingerprint density at radius 3 is 2.59 bits per heavy atom. The van der Waals surface area contributed by atoms with E-state index in [1.54, 1.807) is 6.07 Å². The Kier molecular flexibility index (Phi) is 4.60. The van der Waals surface area contributed by atoms with Crippen LogP contribution in [0.15, 0.2) is 53.0 Å². The monoisotopic (exact) mass is 358 g/mol. The minimum absolute atomic E-state index is 0.374. The number of carbonyl (C=O) groups excluding carboxylic acids is 1. The Labute approximate surface area is 139 Å². The molecule has 3 N–H and O–H groups in total. The number of carbonyl (C=O) groups is 1. The fourth-order valence-corrected chi connectivity index (χ4v) is 3.15. The van der Waals surface area contributed by atoms with Crippen molar-refractivity contribution < 1.29 is 4.79 Å². The molecule has 3 nitrogen and oxygen atoms in total. The Morgan fingerprint density at radius 1 is 1.18 bits per heavy atom. The third kappa shape index (κ3) is 3.57. The quantitative estimate of drug-likeness (QED) is 0.857. The smallest absolute Gasteiger partial charge is 0.248 e. The highest BCUT2D eigenvalue weighted by Crippen LogP contribution is 2.37. The molecule has 0 atom stereocenters. The zero-order valence-corrected chi connectivity index (χ0v) is 13.8. The van der Waals surface area contributed by atoms with Crippen molar-refractivity contribution in [1.82, 2.24) is 5.32 Å². The van der Waals surface area contributed by atoms with Gasteiger partial charge in [-0.2, -0.15) is 0 Å². The average molecular weight is 359 g/mol. The van der Waals surface area contributed by atoms with Gasteiger partial charge in [-0.15, -0.1) is 0 Å². The third-order valence-corrected chi connectivity index (χ3v) is 4.81. The fourth-order valence-electron chi connectivity index (χ4n) is 2.89. The SMILES string of the molecule is NC(=O)c1cccc(CNC2CC(c3ccc(Br)cc3)C2)c1. The van der Waals surface area contributed by atoms with Crippen molar-refractivity contribution >= 4 is 21.8 Å². The molecule has 2 aromatic carbocycles. The van der Waals surface area contributed by atoms with Crippen LogP contribution in [0.1, 0.15) is 40.2 Å². The molecule has 0 aromatic heterocycles. The van der Waals surface area contributed by atoms with Crippen LogP contribution in [0.3, 0.4) is 0 Å². The lowest BCUT2D eigenvalue weighted by Gasteiger charge is -2.36. The molecule has 1 fully saturated rings. The predicted molar refractivity (Wildman–Crippen MR) is 91.7 cm³/mol. The molecule has 0 aliphatic heterocycles. The van der Waals surface area contributed by atoms with Crippen molar-refractivity contribution in [2.75, 3.05) is 0 Å². The second kappa shape index (κ2) is 6.63. The summed E-state index contributed by atoms with van der Waals surface area (Å²) < 4.78 is 1.12. The van der Waals surface area contributed by atoms with E-state index < -0.39 is 0 Å². The average Bonchev–Trinajstić information content (AvgIpc) is 2.47. The van der Waals surface area contributed by atoms with E-state index in [9.17, 15) is 4.79 Å². The fraction of sp³-hybridized carbons (Fsp3) is 0.278. The van der Waals surface area contributed by atoms with Gasteiger partial charge in [0.2, 0.25) is 5.91 Å². The molecular formula is C18H19BrN2O. The van der Waals surface area contributed by atoms with Crippen molar-refractivity contribution in [3.05, 3.63) is 69.7 Å². The van der Waals surface area contributed by atoms with Gasteiger partial charge in [-0.25, -0.2) is 0 Å². The normalized spacial score (nSPS) is 20.4. The van der Waals surface area contributed by atoms with Gasteiger partial charge in [0.05, 0.1) is 0 Å². The van der Waals surface area contributed by atoms with Crippen LogP contribution in [0.2, 0.25) is 0 Å². The maximum atomic E-state index is 11.2. The summed E-state index contributed by atoms with van der Waals surface area (Å²) in [6.07, 6.45) is 2.33. The summed E-state index contributed by atoms with van der Waals surface area (Å²) in [5.74, 6) is 0.281. The highest BCUT2D eigenvalue weighted by molar-refractivity contribution is 9.10. The summed E-state index contributed by atoms with van der Waals surface area (Å²) in [6, 6.07) is 16.6. The summed E-state index contributed by atoms with van der Waals surface area (Å²) >= 11 is 3.47. The lowest BCUT2D eigenvalue weighted by molar-refractivity contribution is 0.1000. The van der Waals surface area contributed by atoms with Crippen molar-refractivity contribution in [1.29, 1.82) is 0 Å². The van der Waals surface area contributed by atoms with Gasteiger partial charge >= 0.3 is 0 Å². The molecule has 0 saturated heterocycles. The van der Waals surface area contributed by atoms with Gasteiger partial charge in [0.15, 0.2) is 0 Å². The van der Waals surface area contributed by atoms with E-state index in [4.69, 9.17) is 5.73 Å². The maximum Gasteiger partial charge on any atom is 0.248 e. The van der Waals surface area contributed by atoms with Gasteiger partial charge in [0.25, 0.3) is 0 Å². The second-order valence-corrected chi connectivity index (χ2v) is 6.78. The Balaban J connectivity index is 1.49. The summed E-state index contributed by atoms with van der Waals surface area (Å²) in [4.78, 5) is 11.2. The molecule has 1 saturated carbocycles. The third-order valence-electron chi connectivity index (χ3n) is 4.29. The van der Waals surface area contributed by atoms with Gasteiger partial charge in [0, 0.05) is 22.6 Å². The first kappa shape index (κ1) is 15.3. The zero-order chi connectivity index (χ0) is 15.5. The van der Waals surface area contributed by atoms with Crippen LogP contribution in [-0.2, 0) is 6.54 Å². The van der Waals surface area contributed by atoms with Crippen molar-refractivity contribution in [3.63, 3.8) is 0 Å². The van der Waals surface area contributed by atoms with Crippen molar-refractivity contribution in [2.45, 2.75) is 31.3 Å². The first-order valence-electron chi connectivity index (χ1n) is 7.49. The molecular weight excluding hydrogens is 340 g/mol. The number of benzene rings is 2. The lowest BCUT2D eigenvalue weighted by Crippen LogP contribution is -2.39. The molecule has 2 aromatic rings. The first-order valence-corrected chi connectivity index (χ1v) is 8.28. The molecule has 1 aliphatic rings. The Bertz CT molecular complexity index is 663. The lowest BCUT2D eigenvalue weighted by atomic mass is 9.76. The zero-order valence-electron chi connectivity index (χ0n) is 12.3. The van der Waals surface area contributed by atoms with E-state index in [-0.39, 0.29) is 5.91 Å². The molecule has 1 amide bonds. The molecule has 0 bridgehead atoms. The number of rotatable bonds is 5. The second-order valence-electron chi connectivity index (χ2n) is 5.86. The standard InChI is InChI=1S/C18H19BrN2O/c19-16-6-4-13(5-7-16)15-9-17(10-15)21-11-12-2-1-3-14(8-12)18(20)22/h1-8,15,17,21H,9-11H2,(H2,20,22). The van der Waals surface area contributed by atoms with E-state index in [0.29, 0.717) is 17.5 Å². The number of amides is 1.